The average molecular weight is 161 g/mol. The second-order valence-corrected chi connectivity index (χ2v) is 3.37. The van der Waals surface area contributed by atoms with Crippen LogP contribution < -0.4 is 5.32 Å². The van der Waals surface area contributed by atoms with E-state index in [0.29, 0.717) is 0 Å². The molecule has 2 aliphatic rings. The molecule has 64 valence electrons. The molecule has 0 bridgehead atoms. The van der Waals surface area contributed by atoms with E-state index in [-0.39, 0.29) is 0 Å². The van der Waals surface area contributed by atoms with Gasteiger partial charge in [0.2, 0.25) is 0 Å². The normalized spacial score (nSPS) is 23.3. The van der Waals surface area contributed by atoms with Crippen LogP contribution in [0.25, 0.3) is 0 Å². The van der Waals surface area contributed by atoms with Crippen LogP contribution in [-0.4, -0.2) is 13.1 Å². The Bertz CT molecular complexity index is 222. The third kappa shape index (κ3) is 1.67. The monoisotopic (exact) mass is 161 g/mol. The van der Waals surface area contributed by atoms with Crippen molar-refractivity contribution >= 4 is 0 Å². The Morgan fingerprint density at radius 3 is 2.83 bits per heavy atom. The summed E-state index contributed by atoms with van der Waals surface area (Å²) in [5, 5.41) is 3.43. The molecular formula is C11H15N. The van der Waals surface area contributed by atoms with Gasteiger partial charge in [0.1, 0.15) is 0 Å². The molecule has 1 nitrogen and oxygen atoms in total. The van der Waals surface area contributed by atoms with E-state index >= 15 is 0 Å². The summed E-state index contributed by atoms with van der Waals surface area (Å²) in [7, 11) is 0. The van der Waals surface area contributed by atoms with Gasteiger partial charge in [-0.05, 0) is 37.0 Å². The third-order valence-electron chi connectivity index (χ3n) is 2.44. The summed E-state index contributed by atoms with van der Waals surface area (Å²) in [5.74, 6) is 0. The lowest BCUT2D eigenvalue weighted by molar-refractivity contribution is 0.714. The van der Waals surface area contributed by atoms with Crippen LogP contribution in [0.5, 0.6) is 0 Å². The largest absolute Gasteiger partial charge is 0.313 e. The van der Waals surface area contributed by atoms with Crippen molar-refractivity contribution in [3.8, 4) is 0 Å². The first-order valence-electron chi connectivity index (χ1n) is 4.72. The fourth-order valence-electron chi connectivity index (χ4n) is 1.76. The molecule has 0 aromatic rings. The standard InChI is InChI=1S/C11H15N/c1-2-5-10-7-4-8-12-9-11(10)6-3-1/h2-3,5-6,12H,1,4,7-9H2. The second kappa shape index (κ2) is 3.72. The zero-order valence-corrected chi connectivity index (χ0v) is 7.34. The van der Waals surface area contributed by atoms with Gasteiger partial charge >= 0.3 is 0 Å². The van der Waals surface area contributed by atoms with Crippen LogP contribution in [0.1, 0.15) is 19.3 Å². The molecule has 0 spiro atoms. The molecular weight excluding hydrogens is 146 g/mol. The van der Waals surface area contributed by atoms with Crippen molar-refractivity contribution in [2.45, 2.75) is 19.3 Å². The number of rotatable bonds is 0. The van der Waals surface area contributed by atoms with Crippen molar-refractivity contribution in [2.75, 3.05) is 13.1 Å². The topological polar surface area (TPSA) is 12.0 Å². The lowest BCUT2D eigenvalue weighted by Gasteiger charge is -2.02. The van der Waals surface area contributed by atoms with Gasteiger partial charge in [-0.15, -0.1) is 0 Å². The SMILES string of the molecule is C1=CC2=C(C=CC1)CNCCC2. The van der Waals surface area contributed by atoms with Crippen LogP contribution in [0.3, 0.4) is 0 Å². The van der Waals surface area contributed by atoms with E-state index < -0.39 is 0 Å². The molecule has 0 saturated carbocycles. The summed E-state index contributed by atoms with van der Waals surface area (Å²) in [4.78, 5) is 0. The van der Waals surface area contributed by atoms with E-state index in [1.54, 1.807) is 0 Å². The molecule has 12 heavy (non-hydrogen) atoms. The molecule has 0 aromatic carbocycles. The summed E-state index contributed by atoms with van der Waals surface area (Å²) in [6.45, 7) is 2.21. The first-order chi connectivity index (χ1) is 5.97. The predicted molar refractivity (Wildman–Crippen MR) is 52.0 cm³/mol. The highest BCUT2D eigenvalue weighted by atomic mass is 14.8. The molecule has 2 rings (SSSR count). The molecule has 0 unspecified atom stereocenters. The minimum atomic E-state index is 1.05. The molecule has 0 saturated heterocycles. The molecule has 1 heteroatoms. The Morgan fingerprint density at radius 1 is 1.08 bits per heavy atom. The number of allylic oxidation sites excluding steroid dienone is 4. The smallest absolute Gasteiger partial charge is 0.0208 e. The molecule has 0 fully saturated rings. The maximum Gasteiger partial charge on any atom is 0.0208 e. The second-order valence-electron chi connectivity index (χ2n) is 3.37. The molecule has 0 atom stereocenters. The first kappa shape index (κ1) is 7.81. The minimum Gasteiger partial charge on any atom is -0.313 e. The Balaban J connectivity index is 2.25. The van der Waals surface area contributed by atoms with Crippen LogP contribution in [0, 0.1) is 0 Å². The van der Waals surface area contributed by atoms with Crippen molar-refractivity contribution in [3.05, 3.63) is 35.5 Å². The molecule has 1 N–H and O–H groups in total. The van der Waals surface area contributed by atoms with Crippen LogP contribution in [-0.2, 0) is 0 Å². The van der Waals surface area contributed by atoms with Gasteiger partial charge in [-0.25, -0.2) is 0 Å². The van der Waals surface area contributed by atoms with Crippen LogP contribution in [0.2, 0.25) is 0 Å². The Hall–Kier alpha value is -0.820. The molecule has 0 radical (unpaired) electrons. The predicted octanol–water partition coefficient (Wildman–Crippen LogP) is 2.18. The van der Waals surface area contributed by atoms with Crippen LogP contribution >= 0.6 is 0 Å². The number of nitrogens with one attached hydrogen (secondary N) is 1. The summed E-state index contributed by atoms with van der Waals surface area (Å²) < 4.78 is 0. The lowest BCUT2D eigenvalue weighted by Crippen LogP contribution is -2.15. The van der Waals surface area contributed by atoms with Crippen LogP contribution in [0.15, 0.2) is 35.5 Å². The third-order valence-corrected chi connectivity index (χ3v) is 2.44. The van der Waals surface area contributed by atoms with E-state index in [1.807, 2.05) is 0 Å². The van der Waals surface area contributed by atoms with Gasteiger partial charge in [-0.2, -0.15) is 0 Å². The van der Waals surface area contributed by atoms with Crippen molar-refractivity contribution in [2.24, 2.45) is 0 Å². The molecule has 1 aliphatic heterocycles. The number of hydrogen-bond donors (Lipinski definition) is 1. The van der Waals surface area contributed by atoms with Crippen molar-refractivity contribution in [1.29, 1.82) is 0 Å². The van der Waals surface area contributed by atoms with E-state index in [1.165, 1.54) is 24.0 Å². The van der Waals surface area contributed by atoms with Gasteiger partial charge in [0.05, 0.1) is 0 Å². The Kier molecular flexibility index (Phi) is 2.42. The summed E-state index contributed by atoms with van der Waals surface area (Å²) in [5.41, 5.74) is 3.02. The van der Waals surface area contributed by atoms with Gasteiger partial charge in [0.15, 0.2) is 0 Å². The van der Waals surface area contributed by atoms with Gasteiger partial charge in [-0.1, -0.05) is 24.3 Å². The van der Waals surface area contributed by atoms with Crippen molar-refractivity contribution in [1.82, 2.24) is 5.32 Å². The zero-order valence-electron chi connectivity index (χ0n) is 7.34. The maximum atomic E-state index is 3.43. The van der Waals surface area contributed by atoms with Crippen molar-refractivity contribution in [3.63, 3.8) is 0 Å². The maximum absolute atomic E-state index is 3.43. The summed E-state index contributed by atoms with van der Waals surface area (Å²) in [6, 6.07) is 0. The highest BCUT2D eigenvalue weighted by Crippen LogP contribution is 2.19. The van der Waals surface area contributed by atoms with Gasteiger partial charge in [0.25, 0.3) is 0 Å². The van der Waals surface area contributed by atoms with E-state index in [0.717, 1.165) is 19.5 Å². The molecule has 0 aromatic heterocycles. The number of hydrogen-bond acceptors (Lipinski definition) is 1. The van der Waals surface area contributed by atoms with Gasteiger partial charge in [-0.3, -0.25) is 0 Å². The van der Waals surface area contributed by atoms with Crippen molar-refractivity contribution < 1.29 is 0 Å². The lowest BCUT2D eigenvalue weighted by atomic mass is 10.1. The Morgan fingerprint density at radius 2 is 1.92 bits per heavy atom. The van der Waals surface area contributed by atoms with E-state index in [2.05, 4.69) is 29.6 Å². The molecule has 1 heterocycles. The molecule has 0 amide bonds. The first-order valence-corrected chi connectivity index (χ1v) is 4.72. The summed E-state index contributed by atoms with van der Waals surface area (Å²) >= 11 is 0. The quantitative estimate of drug-likeness (QED) is 0.574. The fraction of sp³-hybridized carbons (Fsp3) is 0.455. The van der Waals surface area contributed by atoms with Gasteiger partial charge in [0, 0.05) is 6.54 Å². The van der Waals surface area contributed by atoms with Crippen LogP contribution in [0.4, 0.5) is 0 Å². The average Bonchev–Trinajstić information content (AvgIpc) is 2.38. The Labute approximate surface area is 73.9 Å². The highest BCUT2D eigenvalue weighted by Gasteiger charge is 2.06. The van der Waals surface area contributed by atoms with E-state index in [9.17, 15) is 0 Å². The molecule has 1 aliphatic carbocycles. The highest BCUT2D eigenvalue weighted by molar-refractivity contribution is 5.37. The zero-order chi connectivity index (χ0) is 8.23. The fourth-order valence-corrected chi connectivity index (χ4v) is 1.76. The van der Waals surface area contributed by atoms with Gasteiger partial charge < -0.3 is 5.32 Å². The summed E-state index contributed by atoms with van der Waals surface area (Å²) in [6.07, 6.45) is 12.7. The van der Waals surface area contributed by atoms with E-state index in [4.69, 9.17) is 0 Å². The minimum absolute atomic E-state index is 1.05.